The standard InChI is InChI=1S/C12H25N/c1-5-12(9-13)7-10(2)6-11(3,4)8-12/h10H,5-9,13H2,1-4H3/t10?,12-/m1/s1. The van der Waals surface area contributed by atoms with Crippen molar-refractivity contribution in [1.29, 1.82) is 0 Å². The maximum Gasteiger partial charge on any atom is -0.00203 e. The molecule has 0 amide bonds. The summed E-state index contributed by atoms with van der Waals surface area (Å²) in [5.74, 6) is 0.854. The molecule has 1 saturated carbocycles. The Morgan fingerprint density at radius 1 is 1.31 bits per heavy atom. The van der Waals surface area contributed by atoms with Gasteiger partial charge in [-0.05, 0) is 49.0 Å². The predicted octanol–water partition coefficient (Wildman–Crippen LogP) is 3.19. The molecule has 0 aliphatic heterocycles. The molecule has 0 aromatic carbocycles. The molecule has 2 atom stereocenters. The van der Waals surface area contributed by atoms with Gasteiger partial charge in [0, 0.05) is 0 Å². The zero-order valence-electron chi connectivity index (χ0n) is 9.69. The van der Waals surface area contributed by atoms with Crippen molar-refractivity contribution in [1.82, 2.24) is 0 Å². The lowest BCUT2D eigenvalue weighted by molar-refractivity contribution is 0.0501. The van der Waals surface area contributed by atoms with Crippen LogP contribution in [0.3, 0.4) is 0 Å². The third-order valence-corrected chi connectivity index (χ3v) is 3.72. The van der Waals surface area contributed by atoms with E-state index in [0.717, 1.165) is 12.5 Å². The van der Waals surface area contributed by atoms with Crippen molar-refractivity contribution in [3.05, 3.63) is 0 Å². The van der Waals surface area contributed by atoms with E-state index in [1.807, 2.05) is 0 Å². The maximum absolute atomic E-state index is 5.93. The van der Waals surface area contributed by atoms with Crippen molar-refractivity contribution in [2.75, 3.05) is 6.54 Å². The average Bonchev–Trinajstić information content (AvgIpc) is 2.00. The lowest BCUT2D eigenvalue weighted by Crippen LogP contribution is -2.41. The van der Waals surface area contributed by atoms with E-state index in [1.165, 1.54) is 25.7 Å². The zero-order chi connectivity index (χ0) is 10.1. The molecule has 1 heteroatoms. The summed E-state index contributed by atoms with van der Waals surface area (Å²) in [5.41, 5.74) is 6.88. The second-order valence-corrected chi connectivity index (χ2v) is 5.91. The highest BCUT2D eigenvalue weighted by Gasteiger charge is 2.40. The summed E-state index contributed by atoms with van der Waals surface area (Å²) in [7, 11) is 0. The van der Waals surface area contributed by atoms with Crippen LogP contribution in [-0.4, -0.2) is 6.54 Å². The van der Waals surface area contributed by atoms with Crippen LogP contribution in [0.25, 0.3) is 0 Å². The lowest BCUT2D eigenvalue weighted by Gasteiger charge is -2.47. The Morgan fingerprint density at radius 3 is 2.31 bits per heavy atom. The molecule has 1 fully saturated rings. The van der Waals surface area contributed by atoms with Crippen LogP contribution in [0.4, 0.5) is 0 Å². The maximum atomic E-state index is 5.93. The van der Waals surface area contributed by atoms with Crippen LogP contribution < -0.4 is 5.73 Å². The van der Waals surface area contributed by atoms with E-state index in [4.69, 9.17) is 5.73 Å². The van der Waals surface area contributed by atoms with E-state index >= 15 is 0 Å². The fourth-order valence-electron chi connectivity index (χ4n) is 3.48. The summed E-state index contributed by atoms with van der Waals surface area (Å²) in [4.78, 5) is 0. The molecule has 1 rings (SSSR count). The minimum absolute atomic E-state index is 0.446. The minimum atomic E-state index is 0.446. The molecule has 0 aromatic heterocycles. The molecule has 0 aromatic rings. The van der Waals surface area contributed by atoms with Gasteiger partial charge in [0.15, 0.2) is 0 Å². The fourth-order valence-corrected chi connectivity index (χ4v) is 3.48. The zero-order valence-corrected chi connectivity index (χ0v) is 9.69. The Labute approximate surface area is 83.1 Å². The van der Waals surface area contributed by atoms with Crippen LogP contribution in [0.15, 0.2) is 0 Å². The molecule has 0 radical (unpaired) electrons. The highest BCUT2D eigenvalue weighted by molar-refractivity contribution is 4.92. The van der Waals surface area contributed by atoms with Gasteiger partial charge < -0.3 is 5.73 Å². The molecule has 0 heterocycles. The van der Waals surface area contributed by atoms with Crippen molar-refractivity contribution in [3.8, 4) is 0 Å². The largest absolute Gasteiger partial charge is 0.330 e. The topological polar surface area (TPSA) is 26.0 Å². The molecule has 1 aliphatic carbocycles. The lowest BCUT2D eigenvalue weighted by atomic mass is 9.59. The molecule has 0 bridgehead atoms. The van der Waals surface area contributed by atoms with Crippen LogP contribution in [0.2, 0.25) is 0 Å². The Morgan fingerprint density at radius 2 is 1.92 bits per heavy atom. The van der Waals surface area contributed by atoms with Gasteiger partial charge in [-0.2, -0.15) is 0 Å². The Kier molecular flexibility index (Phi) is 3.06. The van der Waals surface area contributed by atoms with Gasteiger partial charge in [-0.25, -0.2) is 0 Å². The molecule has 1 unspecified atom stereocenters. The molecule has 78 valence electrons. The Balaban J connectivity index is 2.76. The highest BCUT2D eigenvalue weighted by atomic mass is 14.6. The quantitative estimate of drug-likeness (QED) is 0.699. The number of hydrogen-bond acceptors (Lipinski definition) is 1. The van der Waals surface area contributed by atoms with Gasteiger partial charge in [0.25, 0.3) is 0 Å². The molecule has 0 spiro atoms. The monoisotopic (exact) mass is 183 g/mol. The van der Waals surface area contributed by atoms with Gasteiger partial charge in [-0.1, -0.05) is 27.7 Å². The van der Waals surface area contributed by atoms with Crippen LogP contribution in [0, 0.1) is 16.7 Å². The number of rotatable bonds is 2. The fraction of sp³-hybridized carbons (Fsp3) is 1.00. The second-order valence-electron chi connectivity index (χ2n) is 5.91. The van der Waals surface area contributed by atoms with E-state index in [-0.39, 0.29) is 0 Å². The van der Waals surface area contributed by atoms with Crippen LogP contribution >= 0.6 is 0 Å². The second kappa shape index (κ2) is 3.61. The first kappa shape index (κ1) is 11.0. The smallest absolute Gasteiger partial charge is 0.00203 e. The van der Waals surface area contributed by atoms with Gasteiger partial charge in [0.1, 0.15) is 0 Å². The van der Waals surface area contributed by atoms with E-state index in [2.05, 4.69) is 27.7 Å². The van der Waals surface area contributed by atoms with Crippen molar-refractivity contribution < 1.29 is 0 Å². The predicted molar refractivity (Wildman–Crippen MR) is 58.6 cm³/mol. The Hall–Kier alpha value is -0.0400. The van der Waals surface area contributed by atoms with Gasteiger partial charge in [0.05, 0.1) is 0 Å². The summed E-state index contributed by atoms with van der Waals surface area (Å²) in [6, 6.07) is 0. The molecule has 0 saturated heterocycles. The van der Waals surface area contributed by atoms with Gasteiger partial charge in [-0.15, -0.1) is 0 Å². The molecule has 13 heavy (non-hydrogen) atoms. The van der Waals surface area contributed by atoms with E-state index in [0.29, 0.717) is 10.8 Å². The summed E-state index contributed by atoms with van der Waals surface area (Å²) in [6.07, 6.45) is 5.27. The molecular formula is C12H25N. The van der Waals surface area contributed by atoms with Gasteiger partial charge in [-0.3, -0.25) is 0 Å². The van der Waals surface area contributed by atoms with E-state index in [1.54, 1.807) is 0 Å². The normalized spacial score (nSPS) is 39.0. The summed E-state index contributed by atoms with van der Waals surface area (Å²) < 4.78 is 0. The van der Waals surface area contributed by atoms with Crippen LogP contribution in [0.1, 0.15) is 53.4 Å². The average molecular weight is 183 g/mol. The molecule has 1 nitrogen and oxygen atoms in total. The van der Waals surface area contributed by atoms with Crippen molar-refractivity contribution >= 4 is 0 Å². The molecule has 1 aliphatic rings. The first-order valence-electron chi connectivity index (χ1n) is 5.63. The highest BCUT2D eigenvalue weighted by Crippen LogP contribution is 2.49. The summed E-state index contributed by atoms with van der Waals surface area (Å²) in [6.45, 7) is 10.3. The summed E-state index contributed by atoms with van der Waals surface area (Å²) >= 11 is 0. The van der Waals surface area contributed by atoms with E-state index < -0.39 is 0 Å². The van der Waals surface area contributed by atoms with Crippen LogP contribution in [0.5, 0.6) is 0 Å². The third kappa shape index (κ3) is 2.46. The van der Waals surface area contributed by atoms with Gasteiger partial charge >= 0.3 is 0 Å². The first-order chi connectivity index (χ1) is 5.93. The van der Waals surface area contributed by atoms with Crippen molar-refractivity contribution in [3.63, 3.8) is 0 Å². The minimum Gasteiger partial charge on any atom is -0.330 e. The van der Waals surface area contributed by atoms with E-state index in [9.17, 15) is 0 Å². The van der Waals surface area contributed by atoms with Crippen molar-refractivity contribution in [2.45, 2.75) is 53.4 Å². The van der Waals surface area contributed by atoms with Crippen LogP contribution in [-0.2, 0) is 0 Å². The van der Waals surface area contributed by atoms with Crippen molar-refractivity contribution in [2.24, 2.45) is 22.5 Å². The Bertz CT molecular complexity index is 168. The molecule has 2 N–H and O–H groups in total. The molecular weight excluding hydrogens is 158 g/mol. The number of hydrogen-bond donors (Lipinski definition) is 1. The third-order valence-electron chi connectivity index (χ3n) is 3.72. The first-order valence-corrected chi connectivity index (χ1v) is 5.63. The SMILES string of the molecule is CC[C@@]1(CN)CC(C)CC(C)(C)C1. The number of nitrogens with two attached hydrogens (primary N) is 1. The summed E-state index contributed by atoms with van der Waals surface area (Å²) in [5, 5.41) is 0. The van der Waals surface area contributed by atoms with Gasteiger partial charge in [0.2, 0.25) is 0 Å².